The first-order valence-electron chi connectivity index (χ1n) is 5.60. The maximum atomic E-state index is 6.28. The van der Waals surface area contributed by atoms with Gasteiger partial charge in [0.1, 0.15) is 0 Å². The van der Waals surface area contributed by atoms with E-state index in [2.05, 4.69) is 22.5 Å². The Labute approximate surface area is 101 Å². The molecule has 0 saturated carbocycles. The smallest absolute Gasteiger partial charge is 0.0642 e. The monoisotopic (exact) mass is 240 g/mol. The average molecular weight is 241 g/mol. The Morgan fingerprint density at radius 1 is 1.38 bits per heavy atom. The van der Waals surface area contributed by atoms with Crippen molar-refractivity contribution in [2.24, 2.45) is 0 Å². The minimum Gasteiger partial charge on any atom is -0.370 e. The summed E-state index contributed by atoms with van der Waals surface area (Å²) in [4.78, 5) is 7.16. The fourth-order valence-electron chi connectivity index (χ4n) is 2.03. The molecular weight excluding hydrogens is 224 g/mol. The summed E-state index contributed by atoms with van der Waals surface area (Å²) in [7, 11) is 1.61. The Morgan fingerprint density at radius 2 is 2.12 bits per heavy atom. The molecule has 88 valence electrons. The zero-order chi connectivity index (χ0) is 11.4. The lowest BCUT2D eigenvalue weighted by molar-refractivity contribution is 0.0867. The van der Waals surface area contributed by atoms with Gasteiger partial charge in [0.15, 0.2) is 0 Å². The molecule has 1 fully saturated rings. The van der Waals surface area contributed by atoms with Crippen LogP contribution in [0.2, 0.25) is 5.02 Å². The molecule has 1 N–H and O–H groups in total. The van der Waals surface area contributed by atoms with Gasteiger partial charge < -0.3 is 9.74 Å². The summed E-state index contributed by atoms with van der Waals surface area (Å²) in [6.45, 7) is 2.92. The number of nitrogens with one attached hydrogen (secondary N) is 1. The van der Waals surface area contributed by atoms with E-state index in [1.165, 1.54) is 12.8 Å². The highest BCUT2D eigenvalue weighted by Gasteiger charge is 2.14. The molecule has 1 aromatic rings. The number of anilines is 1. The summed E-state index contributed by atoms with van der Waals surface area (Å²) in [6, 6.07) is 6.19. The summed E-state index contributed by atoms with van der Waals surface area (Å²) in [5.41, 5.74) is 5.10. The van der Waals surface area contributed by atoms with Gasteiger partial charge in [0.05, 0.1) is 17.8 Å². The molecule has 1 aliphatic heterocycles. The van der Waals surface area contributed by atoms with E-state index < -0.39 is 0 Å². The third kappa shape index (κ3) is 2.67. The summed E-state index contributed by atoms with van der Waals surface area (Å²) in [5.74, 6) is 0. The van der Waals surface area contributed by atoms with E-state index in [1.807, 2.05) is 6.07 Å². The number of hydrogen-bond acceptors (Lipinski definition) is 3. The van der Waals surface area contributed by atoms with Gasteiger partial charge in [-0.25, -0.2) is 0 Å². The lowest BCUT2D eigenvalue weighted by Gasteiger charge is -2.19. The Morgan fingerprint density at radius 3 is 2.75 bits per heavy atom. The zero-order valence-electron chi connectivity index (χ0n) is 9.50. The lowest BCUT2D eigenvalue weighted by atomic mass is 10.2. The van der Waals surface area contributed by atoms with E-state index in [0.29, 0.717) is 6.54 Å². The van der Waals surface area contributed by atoms with Crippen LogP contribution in [-0.4, -0.2) is 20.2 Å². The highest BCUT2D eigenvalue weighted by Crippen LogP contribution is 2.29. The van der Waals surface area contributed by atoms with Crippen molar-refractivity contribution in [3.8, 4) is 0 Å². The predicted octanol–water partition coefficient (Wildman–Crippen LogP) is 2.59. The maximum Gasteiger partial charge on any atom is 0.0642 e. The van der Waals surface area contributed by atoms with Crippen LogP contribution in [0.1, 0.15) is 18.4 Å². The van der Waals surface area contributed by atoms with Crippen molar-refractivity contribution in [2.45, 2.75) is 19.4 Å². The summed E-state index contributed by atoms with van der Waals surface area (Å²) in [6.07, 6.45) is 2.53. The van der Waals surface area contributed by atoms with Crippen LogP contribution in [-0.2, 0) is 11.4 Å². The Balaban J connectivity index is 2.09. The highest BCUT2D eigenvalue weighted by atomic mass is 35.5. The van der Waals surface area contributed by atoms with Crippen LogP contribution in [0, 0.1) is 0 Å². The highest BCUT2D eigenvalue weighted by molar-refractivity contribution is 6.33. The number of nitrogens with zero attached hydrogens (tertiary/aromatic N) is 1. The van der Waals surface area contributed by atoms with Crippen LogP contribution in [0.15, 0.2) is 18.2 Å². The molecule has 0 radical (unpaired) electrons. The topological polar surface area (TPSA) is 24.5 Å². The minimum atomic E-state index is 0.677. The normalized spacial score (nSPS) is 15.8. The predicted molar refractivity (Wildman–Crippen MR) is 66.7 cm³/mol. The summed E-state index contributed by atoms with van der Waals surface area (Å²) >= 11 is 6.28. The van der Waals surface area contributed by atoms with Crippen molar-refractivity contribution >= 4 is 17.3 Å². The third-order valence-corrected chi connectivity index (χ3v) is 3.18. The quantitative estimate of drug-likeness (QED) is 0.819. The van der Waals surface area contributed by atoms with Crippen molar-refractivity contribution in [3.05, 3.63) is 28.8 Å². The van der Waals surface area contributed by atoms with Gasteiger partial charge in [0.2, 0.25) is 0 Å². The fraction of sp³-hybridized carbons (Fsp3) is 0.500. The molecule has 16 heavy (non-hydrogen) atoms. The number of hydrogen-bond donors (Lipinski definition) is 1. The van der Waals surface area contributed by atoms with E-state index in [9.17, 15) is 0 Å². The van der Waals surface area contributed by atoms with E-state index in [1.54, 1.807) is 7.11 Å². The van der Waals surface area contributed by atoms with Gasteiger partial charge >= 0.3 is 0 Å². The first-order chi connectivity index (χ1) is 7.81. The van der Waals surface area contributed by atoms with E-state index >= 15 is 0 Å². The fourth-order valence-corrected chi connectivity index (χ4v) is 2.35. The number of rotatable bonds is 4. The van der Waals surface area contributed by atoms with Crippen LogP contribution < -0.4 is 10.4 Å². The van der Waals surface area contributed by atoms with Crippen molar-refractivity contribution in [1.82, 2.24) is 5.48 Å². The molecule has 0 unspecified atom stereocenters. The summed E-state index contributed by atoms with van der Waals surface area (Å²) < 4.78 is 0. The molecule has 0 aromatic heterocycles. The number of halogens is 1. The van der Waals surface area contributed by atoms with Gasteiger partial charge in [-0.15, -0.1) is 0 Å². The first-order valence-corrected chi connectivity index (χ1v) is 5.98. The molecule has 1 saturated heterocycles. The van der Waals surface area contributed by atoms with E-state index in [-0.39, 0.29) is 0 Å². The zero-order valence-corrected chi connectivity index (χ0v) is 10.3. The molecule has 0 aliphatic carbocycles. The average Bonchev–Trinajstić information content (AvgIpc) is 2.80. The van der Waals surface area contributed by atoms with Crippen LogP contribution in [0.4, 0.5) is 5.69 Å². The molecular formula is C12H17ClN2O. The summed E-state index contributed by atoms with van der Waals surface area (Å²) in [5, 5.41) is 0.831. The molecule has 0 spiro atoms. The Bertz CT molecular complexity index is 351. The van der Waals surface area contributed by atoms with Gasteiger partial charge in [-0.1, -0.05) is 17.7 Å². The largest absolute Gasteiger partial charge is 0.370 e. The number of benzene rings is 1. The number of hydroxylamine groups is 1. The molecule has 4 heteroatoms. The first kappa shape index (κ1) is 11.7. The lowest BCUT2D eigenvalue weighted by Crippen LogP contribution is -2.18. The second kappa shape index (κ2) is 5.53. The van der Waals surface area contributed by atoms with Crippen LogP contribution in [0.5, 0.6) is 0 Å². The molecule has 1 aromatic carbocycles. The molecule has 1 heterocycles. The Hall–Kier alpha value is -0.770. The van der Waals surface area contributed by atoms with Gasteiger partial charge in [-0.05, 0) is 30.5 Å². The molecule has 0 amide bonds. The van der Waals surface area contributed by atoms with Crippen molar-refractivity contribution in [3.63, 3.8) is 0 Å². The van der Waals surface area contributed by atoms with Crippen molar-refractivity contribution in [2.75, 3.05) is 25.1 Å². The molecule has 2 rings (SSSR count). The Kier molecular flexibility index (Phi) is 4.04. The van der Waals surface area contributed by atoms with Gasteiger partial charge in [0.25, 0.3) is 0 Å². The molecule has 0 atom stereocenters. The second-order valence-corrected chi connectivity index (χ2v) is 4.41. The second-order valence-electron chi connectivity index (χ2n) is 4.01. The van der Waals surface area contributed by atoms with Crippen molar-refractivity contribution in [1.29, 1.82) is 0 Å². The van der Waals surface area contributed by atoms with Gasteiger partial charge in [-0.3, -0.25) is 0 Å². The molecule has 1 aliphatic rings. The SMILES string of the molecule is CONCc1ccc(N2CCCC2)c(Cl)c1. The van der Waals surface area contributed by atoms with Crippen molar-refractivity contribution < 1.29 is 4.84 Å². The maximum absolute atomic E-state index is 6.28. The van der Waals surface area contributed by atoms with Crippen LogP contribution in [0.3, 0.4) is 0 Å². The van der Waals surface area contributed by atoms with E-state index in [4.69, 9.17) is 16.4 Å². The van der Waals surface area contributed by atoms with Gasteiger partial charge in [0, 0.05) is 19.6 Å². The molecule has 3 nitrogen and oxygen atoms in total. The standard InChI is InChI=1S/C12H17ClN2O/c1-16-14-9-10-4-5-12(11(13)8-10)15-6-2-3-7-15/h4-5,8,14H,2-3,6-7,9H2,1H3. The molecule has 0 bridgehead atoms. The van der Waals surface area contributed by atoms with Crippen LogP contribution in [0.25, 0.3) is 0 Å². The van der Waals surface area contributed by atoms with Gasteiger partial charge in [-0.2, -0.15) is 5.48 Å². The van der Waals surface area contributed by atoms with Crippen LogP contribution >= 0.6 is 11.6 Å². The minimum absolute atomic E-state index is 0.677. The van der Waals surface area contributed by atoms with E-state index in [0.717, 1.165) is 29.4 Å². The third-order valence-electron chi connectivity index (χ3n) is 2.88.